The molecule has 0 aromatic heterocycles. The number of rotatable bonds is 9. The van der Waals surface area contributed by atoms with Crippen molar-refractivity contribution >= 4 is 42.3 Å². The van der Waals surface area contributed by atoms with E-state index in [0.29, 0.717) is 18.0 Å². The Bertz CT molecular complexity index is 1410. The number of benzene rings is 4. The second kappa shape index (κ2) is 16.1. The van der Waals surface area contributed by atoms with Crippen molar-refractivity contribution in [3.05, 3.63) is 130 Å². The Labute approximate surface area is 267 Å². The van der Waals surface area contributed by atoms with Crippen molar-refractivity contribution in [1.29, 1.82) is 0 Å². The van der Waals surface area contributed by atoms with Crippen LogP contribution in [0.15, 0.2) is 103 Å². The summed E-state index contributed by atoms with van der Waals surface area (Å²) in [5.41, 5.74) is 12.9. The zero-order valence-electron chi connectivity index (χ0n) is 24.0. The van der Waals surface area contributed by atoms with Gasteiger partial charge in [0.2, 0.25) is 5.91 Å². The van der Waals surface area contributed by atoms with Crippen LogP contribution in [0.1, 0.15) is 48.1 Å². The molecule has 42 heavy (non-hydrogen) atoms. The Hall–Kier alpha value is -2.86. The van der Waals surface area contributed by atoms with Crippen LogP contribution in [0.4, 0.5) is 0 Å². The summed E-state index contributed by atoms with van der Waals surface area (Å²) in [6, 6.07) is 35.3. The van der Waals surface area contributed by atoms with Gasteiger partial charge in [-0.05, 0) is 71.3 Å². The highest BCUT2D eigenvalue weighted by Crippen LogP contribution is 2.32. The zero-order chi connectivity index (χ0) is 27.9. The first-order valence-electron chi connectivity index (χ1n) is 14.2. The van der Waals surface area contributed by atoms with Crippen LogP contribution in [-0.2, 0) is 24.3 Å². The van der Waals surface area contributed by atoms with Gasteiger partial charge in [0.05, 0.1) is 12.5 Å². The van der Waals surface area contributed by atoms with Crippen LogP contribution in [-0.4, -0.2) is 34.8 Å². The Morgan fingerprint density at radius 2 is 1.55 bits per heavy atom. The summed E-state index contributed by atoms with van der Waals surface area (Å²) in [5, 5.41) is 0.682. The van der Waals surface area contributed by atoms with E-state index >= 15 is 0 Å². The molecule has 1 aliphatic rings. The molecule has 0 radical (unpaired) electrons. The van der Waals surface area contributed by atoms with E-state index < -0.39 is 0 Å². The molecular weight excluding hydrogens is 585 g/mol. The molecule has 0 saturated carbocycles. The second-order valence-electron chi connectivity index (χ2n) is 10.8. The fourth-order valence-corrected chi connectivity index (χ4v) is 6.03. The van der Waals surface area contributed by atoms with Crippen molar-refractivity contribution in [3.8, 4) is 11.1 Å². The molecule has 1 aliphatic heterocycles. The summed E-state index contributed by atoms with van der Waals surface area (Å²) < 4.78 is 0. The minimum atomic E-state index is -0.0598. The molecule has 2 N–H and O–H groups in total. The van der Waals surface area contributed by atoms with Gasteiger partial charge in [-0.1, -0.05) is 96.5 Å². The molecule has 1 fully saturated rings. The van der Waals surface area contributed by atoms with Crippen LogP contribution in [0, 0.1) is 0 Å². The van der Waals surface area contributed by atoms with Crippen LogP contribution < -0.4 is 5.73 Å². The minimum absolute atomic E-state index is 0. The minimum Gasteiger partial charge on any atom is -0.333 e. The van der Waals surface area contributed by atoms with Gasteiger partial charge in [-0.15, -0.1) is 24.8 Å². The lowest BCUT2D eigenvalue weighted by Crippen LogP contribution is -2.48. The van der Waals surface area contributed by atoms with Gasteiger partial charge in [-0.2, -0.15) is 0 Å². The third kappa shape index (κ3) is 8.37. The van der Waals surface area contributed by atoms with Gasteiger partial charge in [0.25, 0.3) is 0 Å². The largest absolute Gasteiger partial charge is 0.333 e. The number of piperidine rings is 1. The lowest BCUT2D eigenvalue weighted by molar-refractivity contribution is -0.136. The van der Waals surface area contributed by atoms with E-state index in [1.807, 2.05) is 30.3 Å². The molecule has 7 heteroatoms. The summed E-state index contributed by atoms with van der Waals surface area (Å²) in [4.78, 5) is 18.7. The Kier molecular flexibility index (Phi) is 12.9. The van der Waals surface area contributed by atoms with E-state index in [0.717, 1.165) is 60.3 Å². The van der Waals surface area contributed by atoms with Crippen LogP contribution in [0.3, 0.4) is 0 Å². The quantitative estimate of drug-likeness (QED) is 0.205. The fourth-order valence-electron chi connectivity index (χ4n) is 5.91. The SMILES string of the molecule is CC(c1cccc(-c2ccccc2CN)c1)N(C(=O)Cc1ccc(Cl)cc1)C1CCN(Cc2ccccc2)CC1.Cl.Cl. The summed E-state index contributed by atoms with van der Waals surface area (Å²) in [7, 11) is 0. The molecule has 0 spiro atoms. The van der Waals surface area contributed by atoms with Crippen molar-refractivity contribution in [1.82, 2.24) is 9.80 Å². The van der Waals surface area contributed by atoms with Crippen molar-refractivity contribution in [2.24, 2.45) is 5.73 Å². The van der Waals surface area contributed by atoms with Gasteiger partial charge in [0.1, 0.15) is 0 Å². The molecule has 1 atom stereocenters. The smallest absolute Gasteiger partial charge is 0.227 e. The summed E-state index contributed by atoms with van der Waals surface area (Å²) in [6.45, 7) is 5.56. The maximum atomic E-state index is 14.0. The van der Waals surface area contributed by atoms with Gasteiger partial charge in [-0.3, -0.25) is 9.69 Å². The molecule has 4 nitrogen and oxygen atoms in total. The predicted molar refractivity (Wildman–Crippen MR) is 179 cm³/mol. The number of halogens is 3. The molecule has 222 valence electrons. The lowest BCUT2D eigenvalue weighted by atomic mass is 9.93. The van der Waals surface area contributed by atoms with Crippen molar-refractivity contribution in [2.45, 2.75) is 51.4 Å². The summed E-state index contributed by atoms with van der Waals surface area (Å²) >= 11 is 6.11. The number of likely N-dealkylation sites (tertiary alicyclic amines) is 1. The third-order valence-corrected chi connectivity index (χ3v) is 8.34. The van der Waals surface area contributed by atoms with Crippen molar-refractivity contribution in [3.63, 3.8) is 0 Å². The average molecular weight is 625 g/mol. The van der Waals surface area contributed by atoms with Gasteiger partial charge >= 0.3 is 0 Å². The fraction of sp³-hybridized carbons (Fsp3) is 0.286. The highest BCUT2D eigenvalue weighted by molar-refractivity contribution is 6.30. The number of nitrogens with two attached hydrogens (primary N) is 1. The van der Waals surface area contributed by atoms with Crippen LogP contribution >= 0.6 is 36.4 Å². The molecule has 4 aromatic rings. The molecule has 0 bridgehead atoms. The second-order valence-corrected chi connectivity index (χ2v) is 11.2. The molecule has 1 saturated heterocycles. The van der Waals surface area contributed by atoms with Gasteiger partial charge < -0.3 is 10.6 Å². The van der Waals surface area contributed by atoms with E-state index in [1.165, 1.54) is 5.56 Å². The molecule has 1 heterocycles. The number of hydrogen-bond donors (Lipinski definition) is 1. The van der Waals surface area contributed by atoms with E-state index in [4.69, 9.17) is 17.3 Å². The maximum absolute atomic E-state index is 14.0. The Balaban J connectivity index is 0.00000242. The first-order chi connectivity index (χ1) is 19.5. The summed E-state index contributed by atoms with van der Waals surface area (Å²) in [6.07, 6.45) is 2.28. The topological polar surface area (TPSA) is 49.6 Å². The number of carbonyl (C=O) groups excluding carboxylic acids is 1. The monoisotopic (exact) mass is 623 g/mol. The van der Waals surface area contributed by atoms with E-state index in [2.05, 4.69) is 89.5 Å². The average Bonchev–Trinajstić information content (AvgIpc) is 3.00. The zero-order valence-corrected chi connectivity index (χ0v) is 26.4. The molecule has 4 aromatic carbocycles. The first kappa shape index (κ1) is 33.6. The molecule has 5 rings (SSSR count). The number of amides is 1. The third-order valence-electron chi connectivity index (χ3n) is 8.09. The van der Waals surface area contributed by atoms with Crippen molar-refractivity contribution < 1.29 is 4.79 Å². The van der Waals surface area contributed by atoms with Crippen molar-refractivity contribution in [2.75, 3.05) is 13.1 Å². The van der Waals surface area contributed by atoms with Gasteiger partial charge in [-0.25, -0.2) is 0 Å². The Morgan fingerprint density at radius 1 is 0.881 bits per heavy atom. The van der Waals surface area contributed by atoms with Crippen LogP contribution in [0.2, 0.25) is 5.02 Å². The maximum Gasteiger partial charge on any atom is 0.227 e. The van der Waals surface area contributed by atoms with E-state index in [9.17, 15) is 4.79 Å². The number of carbonyl (C=O) groups is 1. The first-order valence-corrected chi connectivity index (χ1v) is 14.6. The molecular formula is C35H40Cl3N3O. The van der Waals surface area contributed by atoms with Gasteiger partial charge in [0.15, 0.2) is 0 Å². The highest BCUT2D eigenvalue weighted by Gasteiger charge is 2.32. The number of hydrogen-bond acceptors (Lipinski definition) is 3. The molecule has 0 aliphatic carbocycles. The molecule has 1 unspecified atom stereocenters. The van der Waals surface area contributed by atoms with Crippen LogP contribution in [0.5, 0.6) is 0 Å². The predicted octanol–water partition coefficient (Wildman–Crippen LogP) is 8.11. The van der Waals surface area contributed by atoms with E-state index in [1.54, 1.807) is 0 Å². The van der Waals surface area contributed by atoms with Crippen LogP contribution in [0.25, 0.3) is 11.1 Å². The summed E-state index contributed by atoms with van der Waals surface area (Å²) in [5.74, 6) is 0.157. The van der Waals surface area contributed by atoms with E-state index in [-0.39, 0.29) is 42.8 Å². The molecule has 1 amide bonds. The Morgan fingerprint density at radius 3 is 2.24 bits per heavy atom. The highest BCUT2D eigenvalue weighted by atomic mass is 35.5. The normalized spacial score (nSPS) is 14.4. The lowest BCUT2D eigenvalue weighted by Gasteiger charge is -2.42. The number of nitrogens with zero attached hydrogens (tertiary/aromatic N) is 2. The van der Waals surface area contributed by atoms with Gasteiger partial charge in [0, 0.05) is 37.2 Å². The standard InChI is InChI=1S/C35H38ClN3O.2ClH/c1-26(29-11-7-12-30(23-29)34-13-6-5-10-31(34)24-37)39(35(40)22-27-14-16-32(36)17-15-27)33-18-20-38(21-19-33)25-28-8-3-2-4-9-28;;/h2-17,23,26,33H,18-22,24-25,37H2,1H3;2*1H.